The summed E-state index contributed by atoms with van der Waals surface area (Å²) in [5, 5.41) is 10.9. The van der Waals surface area contributed by atoms with Gasteiger partial charge in [-0.2, -0.15) is 0 Å². The number of benzene rings is 1. The van der Waals surface area contributed by atoms with Gasteiger partial charge in [0, 0.05) is 19.5 Å². The Bertz CT molecular complexity index is 538. The van der Waals surface area contributed by atoms with Crippen molar-refractivity contribution in [2.45, 2.75) is 56.6 Å². The highest BCUT2D eigenvalue weighted by Crippen LogP contribution is 2.28. The van der Waals surface area contributed by atoms with Crippen molar-refractivity contribution >= 4 is 5.91 Å². The molecule has 0 aromatic heterocycles. The lowest BCUT2D eigenvalue weighted by atomic mass is 9.85. The van der Waals surface area contributed by atoms with Gasteiger partial charge in [0.05, 0.1) is 11.6 Å². The monoisotopic (exact) mass is 330 g/mol. The number of rotatable bonds is 3. The zero-order valence-electron chi connectivity index (χ0n) is 14.8. The molecule has 3 rings (SSSR count). The van der Waals surface area contributed by atoms with Crippen molar-refractivity contribution in [1.82, 2.24) is 9.80 Å². The number of hydrogen-bond donors (Lipinski definition) is 1. The molecule has 1 atom stereocenters. The van der Waals surface area contributed by atoms with Crippen LogP contribution in [0.2, 0.25) is 0 Å². The highest BCUT2D eigenvalue weighted by Gasteiger charge is 2.36. The molecule has 0 bridgehead atoms. The maximum Gasteiger partial charge on any atom is 0.239 e. The average molecular weight is 330 g/mol. The van der Waals surface area contributed by atoms with Gasteiger partial charge in [-0.25, -0.2) is 0 Å². The van der Waals surface area contributed by atoms with Gasteiger partial charge in [0.25, 0.3) is 0 Å². The molecule has 0 unspecified atom stereocenters. The first-order valence-electron chi connectivity index (χ1n) is 9.33. The molecular formula is C20H30N2O2. The summed E-state index contributed by atoms with van der Waals surface area (Å²) in [4.78, 5) is 17.1. The Morgan fingerprint density at radius 2 is 1.83 bits per heavy atom. The van der Waals surface area contributed by atoms with E-state index in [9.17, 15) is 9.90 Å². The number of piperidine rings is 1. The van der Waals surface area contributed by atoms with Crippen LogP contribution in [0.15, 0.2) is 30.3 Å². The molecule has 132 valence electrons. The standard InChI is InChI=1S/C20H30N2O2/c1-21-13-7-3-6-10-18(21)19(23)22-14-11-20(24,12-15-22)16-17-8-4-2-5-9-17/h2,4-5,8-9,18,24H,3,6-7,10-16H2,1H3/t18-/m0/s1. The summed E-state index contributed by atoms with van der Waals surface area (Å²) in [6, 6.07) is 10.2. The fraction of sp³-hybridized carbons (Fsp3) is 0.650. The first-order valence-corrected chi connectivity index (χ1v) is 9.33. The second-order valence-corrected chi connectivity index (χ2v) is 7.56. The fourth-order valence-electron chi connectivity index (χ4n) is 4.07. The highest BCUT2D eigenvalue weighted by molar-refractivity contribution is 5.82. The van der Waals surface area contributed by atoms with Crippen LogP contribution in [0.4, 0.5) is 0 Å². The molecule has 0 spiro atoms. The van der Waals surface area contributed by atoms with Gasteiger partial charge in [-0.1, -0.05) is 43.2 Å². The lowest BCUT2D eigenvalue weighted by Crippen LogP contribution is -2.53. The third-order valence-corrected chi connectivity index (χ3v) is 5.69. The molecular weight excluding hydrogens is 300 g/mol. The summed E-state index contributed by atoms with van der Waals surface area (Å²) in [6.45, 7) is 2.36. The van der Waals surface area contributed by atoms with Gasteiger partial charge >= 0.3 is 0 Å². The smallest absolute Gasteiger partial charge is 0.239 e. The zero-order valence-corrected chi connectivity index (χ0v) is 14.8. The molecule has 2 fully saturated rings. The molecule has 2 heterocycles. The van der Waals surface area contributed by atoms with Crippen LogP contribution in [0.25, 0.3) is 0 Å². The average Bonchev–Trinajstić information content (AvgIpc) is 2.80. The number of amides is 1. The Kier molecular flexibility index (Phi) is 5.57. The molecule has 0 radical (unpaired) electrons. The Labute approximate surface area is 145 Å². The van der Waals surface area contributed by atoms with Gasteiger partial charge in [-0.15, -0.1) is 0 Å². The number of aliphatic hydroxyl groups is 1. The molecule has 4 heteroatoms. The molecule has 2 aliphatic rings. The number of likely N-dealkylation sites (tertiary alicyclic amines) is 2. The lowest BCUT2D eigenvalue weighted by Gasteiger charge is -2.40. The summed E-state index contributed by atoms with van der Waals surface area (Å²) in [5.74, 6) is 0.265. The Morgan fingerprint density at radius 3 is 2.54 bits per heavy atom. The molecule has 2 saturated heterocycles. The van der Waals surface area contributed by atoms with Crippen LogP contribution in [0.1, 0.15) is 44.1 Å². The first kappa shape index (κ1) is 17.4. The van der Waals surface area contributed by atoms with Gasteiger partial charge in [0.2, 0.25) is 5.91 Å². The van der Waals surface area contributed by atoms with E-state index in [1.54, 1.807) is 0 Å². The molecule has 4 nitrogen and oxygen atoms in total. The Balaban J connectivity index is 1.56. The van der Waals surface area contributed by atoms with Gasteiger partial charge in [-0.3, -0.25) is 9.69 Å². The van der Waals surface area contributed by atoms with Crippen molar-refractivity contribution < 1.29 is 9.90 Å². The second-order valence-electron chi connectivity index (χ2n) is 7.56. The van der Waals surface area contributed by atoms with Gasteiger partial charge in [0.15, 0.2) is 0 Å². The van der Waals surface area contributed by atoms with Crippen LogP contribution >= 0.6 is 0 Å². The van der Waals surface area contributed by atoms with Crippen LogP contribution in [0, 0.1) is 0 Å². The van der Waals surface area contributed by atoms with E-state index in [1.807, 2.05) is 23.1 Å². The lowest BCUT2D eigenvalue weighted by molar-refractivity contribution is -0.140. The minimum Gasteiger partial charge on any atom is -0.389 e. The second kappa shape index (κ2) is 7.66. The maximum atomic E-state index is 12.9. The van der Waals surface area contributed by atoms with Crippen molar-refractivity contribution in [2.75, 3.05) is 26.7 Å². The van der Waals surface area contributed by atoms with E-state index < -0.39 is 5.60 Å². The number of carbonyl (C=O) groups is 1. The summed E-state index contributed by atoms with van der Waals surface area (Å²) in [5.41, 5.74) is 0.497. The van der Waals surface area contributed by atoms with Crippen molar-refractivity contribution in [3.05, 3.63) is 35.9 Å². The van der Waals surface area contributed by atoms with E-state index in [0.717, 1.165) is 19.4 Å². The van der Waals surface area contributed by atoms with Crippen molar-refractivity contribution in [3.63, 3.8) is 0 Å². The van der Waals surface area contributed by atoms with E-state index >= 15 is 0 Å². The summed E-state index contributed by atoms with van der Waals surface area (Å²) in [6.07, 6.45) is 6.56. The Hall–Kier alpha value is -1.39. The topological polar surface area (TPSA) is 43.8 Å². The Morgan fingerprint density at radius 1 is 1.12 bits per heavy atom. The van der Waals surface area contributed by atoms with Crippen molar-refractivity contribution in [3.8, 4) is 0 Å². The molecule has 1 aromatic carbocycles. The normalized spacial score (nSPS) is 25.2. The van der Waals surface area contributed by atoms with Gasteiger partial charge < -0.3 is 10.0 Å². The number of hydrogen-bond acceptors (Lipinski definition) is 3. The van der Waals surface area contributed by atoms with Crippen LogP contribution < -0.4 is 0 Å². The van der Waals surface area contributed by atoms with Crippen molar-refractivity contribution in [1.29, 1.82) is 0 Å². The molecule has 0 aliphatic carbocycles. The summed E-state index contributed by atoms with van der Waals surface area (Å²) in [7, 11) is 2.07. The van der Waals surface area contributed by atoms with Crippen LogP contribution in [-0.2, 0) is 11.2 Å². The predicted molar refractivity (Wildman–Crippen MR) is 95.8 cm³/mol. The molecule has 1 amide bonds. The number of nitrogens with zero attached hydrogens (tertiary/aromatic N) is 2. The minimum atomic E-state index is -0.673. The van der Waals surface area contributed by atoms with E-state index in [0.29, 0.717) is 32.4 Å². The number of carbonyl (C=O) groups excluding carboxylic acids is 1. The minimum absolute atomic E-state index is 0.0350. The quantitative estimate of drug-likeness (QED) is 0.926. The molecule has 2 aliphatic heterocycles. The maximum absolute atomic E-state index is 12.9. The van der Waals surface area contributed by atoms with Crippen LogP contribution in [-0.4, -0.2) is 59.1 Å². The third-order valence-electron chi connectivity index (χ3n) is 5.69. The van der Waals surface area contributed by atoms with Crippen LogP contribution in [0.3, 0.4) is 0 Å². The largest absolute Gasteiger partial charge is 0.389 e. The van der Waals surface area contributed by atoms with E-state index in [-0.39, 0.29) is 11.9 Å². The van der Waals surface area contributed by atoms with Crippen molar-refractivity contribution in [2.24, 2.45) is 0 Å². The molecule has 1 aromatic rings. The zero-order chi connectivity index (χ0) is 17.0. The highest BCUT2D eigenvalue weighted by atomic mass is 16.3. The fourth-order valence-corrected chi connectivity index (χ4v) is 4.07. The van der Waals surface area contributed by atoms with Crippen LogP contribution in [0.5, 0.6) is 0 Å². The van der Waals surface area contributed by atoms with Gasteiger partial charge in [-0.05, 0) is 44.8 Å². The number of likely N-dealkylation sites (N-methyl/N-ethyl adjacent to an activating group) is 1. The molecule has 1 N–H and O–H groups in total. The summed E-state index contributed by atoms with van der Waals surface area (Å²) < 4.78 is 0. The van der Waals surface area contributed by atoms with E-state index in [2.05, 4.69) is 24.1 Å². The summed E-state index contributed by atoms with van der Waals surface area (Å²) >= 11 is 0. The third kappa shape index (κ3) is 4.17. The predicted octanol–water partition coefficient (Wildman–Crippen LogP) is 2.46. The van der Waals surface area contributed by atoms with E-state index in [1.165, 1.54) is 18.4 Å². The SMILES string of the molecule is CN1CCCCC[C@H]1C(=O)N1CCC(O)(Cc2ccccc2)CC1. The molecule has 24 heavy (non-hydrogen) atoms. The first-order chi connectivity index (χ1) is 11.6. The van der Waals surface area contributed by atoms with E-state index in [4.69, 9.17) is 0 Å². The molecule has 0 saturated carbocycles. The van der Waals surface area contributed by atoms with Gasteiger partial charge in [0.1, 0.15) is 0 Å².